The van der Waals surface area contributed by atoms with Crippen LogP contribution >= 0.6 is 15.9 Å². The summed E-state index contributed by atoms with van der Waals surface area (Å²) >= 11 is 3.42. The van der Waals surface area contributed by atoms with E-state index in [-0.39, 0.29) is 0 Å². The quantitative estimate of drug-likeness (QED) is 0.686. The van der Waals surface area contributed by atoms with Gasteiger partial charge in [-0.05, 0) is 31.2 Å². The molecule has 17 heavy (non-hydrogen) atoms. The molecule has 0 N–H and O–H groups in total. The van der Waals surface area contributed by atoms with Crippen molar-refractivity contribution in [3.05, 3.63) is 52.6 Å². The van der Waals surface area contributed by atoms with E-state index in [4.69, 9.17) is 0 Å². The number of halogens is 1. The van der Waals surface area contributed by atoms with Crippen LogP contribution in [0.5, 0.6) is 0 Å². The highest BCUT2D eigenvalue weighted by atomic mass is 79.9. The van der Waals surface area contributed by atoms with Crippen LogP contribution in [0, 0.1) is 6.92 Å². The second kappa shape index (κ2) is 3.96. The van der Waals surface area contributed by atoms with Crippen molar-refractivity contribution in [2.24, 2.45) is 0 Å². The Morgan fingerprint density at radius 1 is 1.06 bits per heavy atom. The van der Waals surface area contributed by atoms with E-state index in [9.17, 15) is 0 Å². The minimum atomic E-state index is 0.756. The van der Waals surface area contributed by atoms with Crippen LogP contribution in [0.1, 0.15) is 5.69 Å². The first kappa shape index (κ1) is 10.5. The summed E-state index contributed by atoms with van der Waals surface area (Å²) in [6.45, 7) is 2.02. The summed E-state index contributed by atoms with van der Waals surface area (Å²) in [5, 5.41) is 4.50. The van der Waals surface area contributed by atoms with Gasteiger partial charge in [0.05, 0.1) is 0 Å². The van der Waals surface area contributed by atoms with Gasteiger partial charge in [0.2, 0.25) is 0 Å². The summed E-state index contributed by atoms with van der Waals surface area (Å²) < 4.78 is 2.92. The number of hydrogen-bond donors (Lipinski definition) is 0. The monoisotopic (exact) mass is 287 g/mol. The van der Waals surface area contributed by atoms with Gasteiger partial charge in [-0.1, -0.05) is 34.1 Å². The third-order valence-corrected chi connectivity index (χ3v) is 3.18. The van der Waals surface area contributed by atoms with Gasteiger partial charge >= 0.3 is 0 Å². The average molecular weight is 288 g/mol. The molecule has 3 rings (SSSR count). The normalized spacial score (nSPS) is 10.9. The van der Waals surface area contributed by atoms with Crippen LogP contribution < -0.4 is 0 Å². The van der Waals surface area contributed by atoms with Crippen LogP contribution in [0.15, 0.2) is 46.9 Å². The molecule has 84 valence electrons. The molecule has 0 fully saturated rings. The molecule has 4 heteroatoms. The maximum atomic E-state index is 4.51. The molecule has 0 atom stereocenters. The zero-order valence-corrected chi connectivity index (χ0v) is 10.8. The summed E-state index contributed by atoms with van der Waals surface area (Å²) in [7, 11) is 0. The molecule has 2 aromatic heterocycles. The van der Waals surface area contributed by atoms with Crippen molar-refractivity contribution in [2.75, 3.05) is 0 Å². The number of aromatic nitrogens is 3. The largest absolute Gasteiger partial charge is 0.218 e. The first-order valence-corrected chi connectivity index (χ1v) is 6.12. The summed E-state index contributed by atoms with van der Waals surface area (Å²) in [5.41, 5.74) is 2.98. The van der Waals surface area contributed by atoms with Crippen molar-refractivity contribution in [3.63, 3.8) is 0 Å². The fraction of sp³-hybridized carbons (Fsp3) is 0.0769. The van der Waals surface area contributed by atoms with Gasteiger partial charge < -0.3 is 0 Å². The van der Waals surface area contributed by atoms with Crippen LogP contribution in [0.2, 0.25) is 0 Å². The molecule has 2 heterocycles. The number of fused-ring (bicyclic) bond motifs is 1. The molecule has 0 amide bonds. The van der Waals surface area contributed by atoms with Gasteiger partial charge in [0.15, 0.2) is 11.5 Å². The maximum absolute atomic E-state index is 4.51. The number of pyridine rings is 1. The fourth-order valence-corrected chi connectivity index (χ4v) is 2.02. The Kier molecular flexibility index (Phi) is 2.44. The van der Waals surface area contributed by atoms with Gasteiger partial charge in [-0.3, -0.25) is 0 Å². The zero-order valence-electron chi connectivity index (χ0n) is 9.26. The Bertz CT molecular complexity index is 671. The summed E-state index contributed by atoms with van der Waals surface area (Å²) in [4.78, 5) is 4.51. The van der Waals surface area contributed by atoms with Gasteiger partial charge in [-0.15, -0.1) is 5.10 Å². The van der Waals surface area contributed by atoms with Gasteiger partial charge in [0, 0.05) is 15.7 Å². The molecular weight excluding hydrogens is 278 g/mol. The van der Waals surface area contributed by atoms with Crippen LogP contribution in [0.25, 0.3) is 17.0 Å². The lowest BCUT2D eigenvalue weighted by Gasteiger charge is -1.95. The van der Waals surface area contributed by atoms with Crippen molar-refractivity contribution in [3.8, 4) is 11.4 Å². The molecule has 0 saturated carbocycles. The Balaban J connectivity index is 2.18. The molecule has 0 radical (unpaired) electrons. The van der Waals surface area contributed by atoms with Crippen LogP contribution in [0.4, 0.5) is 0 Å². The first-order chi connectivity index (χ1) is 8.24. The Labute approximate surface area is 107 Å². The second-order valence-corrected chi connectivity index (χ2v) is 4.80. The lowest BCUT2D eigenvalue weighted by Crippen LogP contribution is -1.91. The number of hydrogen-bond acceptors (Lipinski definition) is 2. The molecule has 1 aromatic carbocycles. The van der Waals surface area contributed by atoms with E-state index in [0.717, 1.165) is 27.2 Å². The van der Waals surface area contributed by atoms with Crippen molar-refractivity contribution in [2.45, 2.75) is 6.92 Å². The van der Waals surface area contributed by atoms with Crippen LogP contribution in [-0.2, 0) is 0 Å². The highest BCUT2D eigenvalue weighted by Gasteiger charge is 2.06. The number of nitrogens with zero attached hydrogens (tertiary/aromatic N) is 3. The minimum Gasteiger partial charge on any atom is -0.218 e. The van der Waals surface area contributed by atoms with Gasteiger partial charge in [-0.25, -0.2) is 9.50 Å². The predicted octanol–water partition coefficient (Wildman–Crippen LogP) is 3.47. The molecule has 0 aliphatic carbocycles. The molecule has 0 aliphatic heterocycles. The van der Waals surface area contributed by atoms with Crippen LogP contribution in [-0.4, -0.2) is 14.6 Å². The molecule has 0 spiro atoms. The van der Waals surface area contributed by atoms with Crippen LogP contribution in [0.3, 0.4) is 0 Å². The van der Waals surface area contributed by atoms with E-state index >= 15 is 0 Å². The lowest BCUT2D eigenvalue weighted by atomic mass is 10.2. The molecule has 0 aliphatic rings. The van der Waals surface area contributed by atoms with Gasteiger partial charge in [0.25, 0.3) is 0 Å². The van der Waals surface area contributed by atoms with E-state index in [0.29, 0.717) is 0 Å². The lowest BCUT2D eigenvalue weighted by molar-refractivity contribution is 0.918. The third-order valence-electron chi connectivity index (χ3n) is 2.65. The van der Waals surface area contributed by atoms with Crippen molar-refractivity contribution in [1.82, 2.24) is 14.6 Å². The van der Waals surface area contributed by atoms with Gasteiger partial charge in [0.1, 0.15) is 0 Å². The average Bonchev–Trinajstić information content (AvgIpc) is 2.75. The molecule has 0 bridgehead atoms. The summed E-state index contributed by atoms with van der Waals surface area (Å²) in [6, 6.07) is 14.0. The number of benzene rings is 1. The summed E-state index contributed by atoms with van der Waals surface area (Å²) in [6.07, 6.45) is 0. The Morgan fingerprint density at radius 2 is 1.82 bits per heavy atom. The van der Waals surface area contributed by atoms with Crippen molar-refractivity contribution in [1.29, 1.82) is 0 Å². The van der Waals surface area contributed by atoms with E-state index in [1.807, 2.05) is 53.9 Å². The van der Waals surface area contributed by atoms with E-state index in [2.05, 4.69) is 26.0 Å². The topological polar surface area (TPSA) is 30.2 Å². The zero-order chi connectivity index (χ0) is 11.8. The molecule has 0 saturated heterocycles. The number of aryl methyl sites for hydroxylation is 1. The van der Waals surface area contributed by atoms with Gasteiger partial charge in [-0.2, -0.15) is 0 Å². The fourth-order valence-electron chi connectivity index (χ4n) is 1.76. The third kappa shape index (κ3) is 1.85. The Morgan fingerprint density at radius 3 is 2.53 bits per heavy atom. The first-order valence-electron chi connectivity index (χ1n) is 5.32. The van der Waals surface area contributed by atoms with E-state index in [1.165, 1.54) is 0 Å². The Hall–Kier alpha value is -1.68. The molecule has 3 nitrogen and oxygen atoms in total. The molecule has 0 unspecified atom stereocenters. The van der Waals surface area contributed by atoms with Crippen molar-refractivity contribution < 1.29 is 0 Å². The molecular formula is C13H10BrN3. The SMILES string of the molecule is Cc1cccc2nc(-c3ccc(Br)cc3)nn12. The van der Waals surface area contributed by atoms with Crippen molar-refractivity contribution >= 4 is 21.6 Å². The smallest absolute Gasteiger partial charge is 0.182 e. The van der Waals surface area contributed by atoms with E-state index in [1.54, 1.807) is 0 Å². The second-order valence-electron chi connectivity index (χ2n) is 3.88. The van der Waals surface area contributed by atoms with E-state index < -0.39 is 0 Å². The minimum absolute atomic E-state index is 0.756. The maximum Gasteiger partial charge on any atom is 0.182 e. The highest BCUT2D eigenvalue weighted by Crippen LogP contribution is 2.19. The predicted molar refractivity (Wildman–Crippen MR) is 70.9 cm³/mol. The highest BCUT2D eigenvalue weighted by molar-refractivity contribution is 9.10. The standard InChI is InChI=1S/C13H10BrN3/c1-9-3-2-4-12-15-13(16-17(9)12)10-5-7-11(14)8-6-10/h2-8H,1H3. The summed E-state index contributed by atoms with van der Waals surface area (Å²) in [5.74, 6) is 0.756. The number of rotatable bonds is 1. The molecule has 3 aromatic rings.